The van der Waals surface area contributed by atoms with E-state index in [-0.39, 0.29) is 16.3 Å². The van der Waals surface area contributed by atoms with Crippen LogP contribution in [-0.4, -0.2) is 58.6 Å². The van der Waals surface area contributed by atoms with E-state index < -0.39 is 10.0 Å². The quantitative estimate of drug-likeness (QED) is 0.619. The lowest BCUT2D eigenvalue weighted by molar-refractivity contribution is 0.0799. The molecule has 2 aromatic rings. The summed E-state index contributed by atoms with van der Waals surface area (Å²) in [5.41, 5.74) is 0.857. The SMILES string of the molecule is CN(C)C1(CNC(=O)c2ccc(NS(=O)(=O)c3ccc4c(c3)OCCCO4)cc2)CCCCC1. The molecule has 1 aliphatic heterocycles. The average Bonchev–Trinajstić information content (AvgIpc) is 3.08. The molecule has 34 heavy (non-hydrogen) atoms. The van der Waals surface area contributed by atoms with E-state index in [4.69, 9.17) is 9.47 Å². The van der Waals surface area contributed by atoms with Crippen LogP contribution in [0.4, 0.5) is 5.69 Å². The van der Waals surface area contributed by atoms with Gasteiger partial charge < -0.3 is 19.7 Å². The summed E-state index contributed by atoms with van der Waals surface area (Å²) in [5, 5.41) is 3.07. The lowest BCUT2D eigenvalue weighted by atomic mass is 9.80. The Bertz CT molecular complexity index is 1110. The topological polar surface area (TPSA) is 97.0 Å². The molecule has 2 aromatic carbocycles. The predicted molar refractivity (Wildman–Crippen MR) is 131 cm³/mol. The standard InChI is InChI=1S/C25H33N3O5S/c1-28(2)25(13-4-3-5-14-25)18-26-24(29)19-7-9-20(10-8-19)27-34(30,31)21-11-12-22-23(17-21)33-16-6-15-32-22/h7-12,17,27H,3-6,13-16,18H2,1-2H3,(H,26,29). The molecule has 0 unspecified atom stereocenters. The van der Waals surface area contributed by atoms with Crippen LogP contribution < -0.4 is 19.5 Å². The largest absolute Gasteiger partial charge is 0.490 e. The highest BCUT2D eigenvalue weighted by molar-refractivity contribution is 7.92. The summed E-state index contributed by atoms with van der Waals surface area (Å²) < 4.78 is 39.5. The van der Waals surface area contributed by atoms with E-state index in [1.807, 2.05) is 0 Å². The summed E-state index contributed by atoms with van der Waals surface area (Å²) in [6.07, 6.45) is 6.47. The molecule has 1 amide bonds. The van der Waals surface area contributed by atoms with E-state index in [9.17, 15) is 13.2 Å². The molecule has 8 nitrogen and oxygen atoms in total. The van der Waals surface area contributed by atoms with Gasteiger partial charge in [0, 0.05) is 35.8 Å². The van der Waals surface area contributed by atoms with Gasteiger partial charge in [-0.05, 0) is 63.3 Å². The summed E-state index contributed by atoms with van der Waals surface area (Å²) in [7, 11) is 0.316. The number of benzene rings is 2. The van der Waals surface area contributed by atoms with Crippen LogP contribution in [0.5, 0.6) is 11.5 Å². The fourth-order valence-electron chi connectivity index (χ4n) is 4.55. The van der Waals surface area contributed by atoms with E-state index in [1.165, 1.54) is 31.4 Å². The van der Waals surface area contributed by atoms with Crippen LogP contribution in [0.1, 0.15) is 48.9 Å². The van der Waals surface area contributed by atoms with Crippen molar-refractivity contribution in [2.45, 2.75) is 49.0 Å². The first kappa shape index (κ1) is 24.3. The van der Waals surface area contributed by atoms with E-state index in [2.05, 4.69) is 29.0 Å². The Labute approximate surface area is 201 Å². The number of rotatable bonds is 7. The van der Waals surface area contributed by atoms with Gasteiger partial charge in [0.05, 0.1) is 18.1 Å². The number of amides is 1. The number of carbonyl (C=O) groups is 1. The fourth-order valence-corrected chi connectivity index (χ4v) is 5.63. The van der Waals surface area contributed by atoms with Gasteiger partial charge >= 0.3 is 0 Å². The second-order valence-corrected chi connectivity index (χ2v) is 10.9. The maximum Gasteiger partial charge on any atom is 0.262 e. The minimum Gasteiger partial charge on any atom is -0.490 e. The van der Waals surface area contributed by atoms with Crippen molar-refractivity contribution in [2.75, 3.05) is 38.6 Å². The second kappa shape index (κ2) is 10.2. The summed E-state index contributed by atoms with van der Waals surface area (Å²) in [6.45, 7) is 1.61. The number of hydrogen-bond donors (Lipinski definition) is 2. The van der Waals surface area contributed by atoms with E-state index in [1.54, 1.807) is 30.3 Å². The van der Waals surface area contributed by atoms with Crippen molar-refractivity contribution in [3.63, 3.8) is 0 Å². The number of fused-ring (bicyclic) bond motifs is 1. The zero-order chi connectivity index (χ0) is 24.2. The van der Waals surface area contributed by atoms with Crippen LogP contribution in [0.25, 0.3) is 0 Å². The van der Waals surface area contributed by atoms with Crippen molar-refractivity contribution in [3.05, 3.63) is 48.0 Å². The van der Waals surface area contributed by atoms with E-state index in [0.29, 0.717) is 42.5 Å². The zero-order valence-corrected chi connectivity index (χ0v) is 20.6. The number of likely N-dealkylation sites (N-methyl/N-ethyl adjacent to an activating group) is 1. The van der Waals surface area contributed by atoms with Gasteiger partial charge in [-0.2, -0.15) is 0 Å². The monoisotopic (exact) mass is 487 g/mol. The Morgan fingerprint density at radius 3 is 2.29 bits per heavy atom. The molecule has 0 radical (unpaired) electrons. The Morgan fingerprint density at radius 1 is 0.941 bits per heavy atom. The number of nitrogens with zero attached hydrogens (tertiary/aromatic N) is 1. The fraction of sp³-hybridized carbons (Fsp3) is 0.480. The van der Waals surface area contributed by atoms with Gasteiger partial charge in [0.2, 0.25) is 0 Å². The number of anilines is 1. The molecule has 0 saturated heterocycles. The minimum absolute atomic E-state index is 0.00781. The molecule has 0 bridgehead atoms. The average molecular weight is 488 g/mol. The van der Waals surface area contributed by atoms with Crippen LogP contribution in [0.2, 0.25) is 0 Å². The Kier molecular flexibility index (Phi) is 7.33. The highest BCUT2D eigenvalue weighted by Gasteiger charge is 2.34. The third-order valence-corrected chi connectivity index (χ3v) is 8.12. The predicted octanol–water partition coefficient (Wildman–Crippen LogP) is 3.64. The Hall–Kier alpha value is -2.78. The molecule has 0 atom stereocenters. The van der Waals surface area contributed by atoms with Gasteiger partial charge in [0.25, 0.3) is 15.9 Å². The first-order valence-electron chi connectivity index (χ1n) is 11.8. The van der Waals surface area contributed by atoms with Crippen LogP contribution in [-0.2, 0) is 10.0 Å². The summed E-state index contributed by atoms with van der Waals surface area (Å²) >= 11 is 0. The lowest BCUT2D eigenvalue weighted by Crippen LogP contribution is -2.53. The van der Waals surface area contributed by atoms with Gasteiger partial charge in [-0.15, -0.1) is 0 Å². The van der Waals surface area contributed by atoms with Crippen molar-refractivity contribution in [2.24, 2.45) is 0 Å². The van der Waals surface area contributed by atoms with Gasteiger partial charge in [0.15, 0.2) is 11.5 Å². The van der Waals surface area contributed by atoms with Crippen LogP contribution in [0.15, 0.2) is 47.4 Å². The number of nitrogens with one attached hydrogen (secondary N) is 2. The van der Waals surface area contributed by atoms with Gasteiger partial charge in [-0.25, -0.2) is 8.42 Å². The van der Waals surface area contributed by atoms with Crippen molar-refractivity contribution in [1.82, 2.24) is 10.2 Å². The highest BCUT2D eigenvalue weighted by atomic mass is 32.2. The Morgan fingerprint density at radius 2 is 1.62 bits per heavy atom. The maximum atomic E-state index is 12.9. The summed E-state index contributed by atoms with van der Waals surface area (Å²) in [5.74, 6) is 0.793. The van der Waals surface area contributed by atoms with Crippen molar-refractivity contribution < 1.29 is 22.7 Å². The molecule has 1 heterocycles. The lowest BCUT2D eigenvalue weighted by Gasteiger charge is -2.43. The van der Waals surface area contributed by atoms with E-state index in [0.717, 1.165) is 19.3 Å². The van der Waals surface area contributed by atoms with Crippen LogP contribution in [0.3, 0.4) is 0 Å². The first-order valence-corrected chi connectivity index (χ1v) is 13.3. The molecule has 0 spiro atoms. The summed E-state index contributed by atoms with van der Waals surface area (Å²) in [6, 6.07) is 11.0. The number of sulfonamides is 1. The van der Waals surface area contributed by atoms with Crippen molar-refractivity contribution in [3.8, 4) is 11.5 Å². The van der Waals surface area contributed by atoms with Crippen LogP contribution >= 0.6 is 0 Å². The summed E-state index contributed by atoms with van der Waals surface area (Å²) in [4.78, 5) is 15.1. The minimum atomic E-state index is -3.83. The second-order valence-electron chi connectivity index (χ2n) is 9.20. The molecule has 1 aliphatic carbocycles. The van der Waals surface area contributed by atoms with Gasteiger partial charge in [-0.3, -0.25) is 9.52 Å². The third kappa shape index (κ3) is 5.47. The van der Waals surface area contributed by atoms with E-state index >= 15 is 0 Å². The molecule has 9 heteroatoms. The molecule has 1 saturated carbocycles. The molecular weight excluding hydrogens is 454 g/mol. The normalized spacial score (nSPS) is 17.6. The number of carbonyl (C=O) groups excluding carboxylic acids is 1. The van der Waals surface area contributed by atoms with Crippen LogP contribution in [0, 0.1) is 0 Å². The molecule has 184 valence electrons. The molecule has 2 aliphatic rings. The first-order chi connectivity index (χ1) is 16.3. The smallest absolute Gasteiger partial charge is 0.262 e. The number of ether oxygens (including phenoxy) is 2. The molecule has 1 fully saturated rings. The van der Waals surface area contributed by atoms with Crippen molar-refractivity contribution >= 4 is 21.6 Å². The highest BCUT2D eigenvalue weighted by Crippen LogP contribution is 2.33. The zero-order valence-electron chi connectivity index (χ0n) is 19.8. The maximum absolute atomic E-state index is 12.9. The Balaban J connectivity index is 1.40. The number of hydrogen-bond acceptors (Lipinski definition) is 6. The van der Waals surface area contributed by atoms with Gasteiger partial charge in [-0.1, -0.05) is 19.3 Å². The van der Waals surface area contributed by atoms with Crippen molar-refractivity contribution in [1.29, 1.82) is 0 Å². The molecular formula is C25H33N3O5S. The molecule has 0 aromatic heterocycles. The molecule has 2 N–H and O–H groups in total. The third-order valence-electron chi connectivity index (χ3n) is 6.74. The molecule has 4 rings (SSSR count). The van der Waals surface area contributed by atoms with Gasteiger partial charge in [0.1, 0.15) is 0 Å².